The first kappa shape index (κ1) is 16.1. The largest absolute Gasteiger partial charge is 0.490 e. The van der Waals surface area contributed by atoms with Crippen LogP contribution in [0.1, 0.15) is 21.7 Å². The summed E-state index contributed by atoms with van der Waals surface area (Å²) < 4.78 is 8.29. The van der Waals surface area contributed by atoms with Gasteiger partial charge >= 0.3 is 11.7 Å². The van der Waals surface area contributed by atoms with Crippen molar-refractivity contribution in [1.29, 1.82) is 0 Å². The molecule has 0 radical (unpaired) electrons. The molecular formula is C14H16ClN3O4. The molecule has 0 bridgehead atoms. The minimum Gasteiger partial charge on any atom is -0.490 e. The van der Waals surface area contributed by atoms with Crippen LogP contribution < -0.4 is 10.4 Å². The van der Waals surface area contributed by atoms with Gasteiger partial charge in [0.1, 0.15) is 18.2 Å². The Labute approximate surface area is 131 Å². The average molecular weight is 326 g/mol. The van der Waals surface area contributed by atoms with Gasteiger partial charge in [0, 0.05) is 12.6 Å². The molecule has 0 atom stereocenters. The number of aryl methyl sites for hydroxylation is 1. The van der Waals surface area contributed by atoms with Gasteiger partial charge in [-0.2, -0.15) is 5.10 Å². The molecule has 1 heterocycles. The zero-order chi connectivity index (χ0) is 16.4. The molecule has 1 aromatic carbocycles. The molecule has 0 saturated carbocycles. The maximum absolute atomic E-state index is 11.8. The van der Waals surface area contributed by atoms with Gasteiger partial charge in [-0.25, -0.2) is 14.3 Å². The van der Waals surface area contributed by atoms with E-state index in [1.807, 2.05) is 0 Å². The van der Waals surface area contributed by atoms with E-state index in [9.17, 15) is 9.59 Å². The van der Waals surface area contributed by atoms with E-state index in [4.69, 9.17) is 21.4 Å². The van der Waals surface area contributed by atoms with Crippen LogP contribution >= 0.6 is 11.6 Å². The topological polar surface area (TPSA) is 86.3 Å². The molecule has 1 aromatic heterocycles. The van der Waals surface area contributed by atoms with Gasteiger partial charge < -0.3 is 9.84 Å². The Kier molecular flexibility index (Phi) is 4.56. The number of carboxylic acids is 1. The van der Waals surface area contributed by atoms with Gasteiger partial charge in [-0.3, -0.25) is 4.57 Å². The van der Waals surface area contributed by atoms with Crippen LogP contribution in [-0.2, 0) is 13.6 Å². The number of benzene rings is 1. The molecular weight excluding hydrogens is 310 g/mol. The highest BCUT2D eigenvalue weighted by molar-refractivity contribution is 6.32. The van der Waals surface area contributed by atoms with Crippen molar-refractivity contribution in [3.05, 3.63) is 44.6 Å². The second kappa shape index (κ2) is 6.23. The first-order chi connectivity index (χ1) is 10.3. The Hall–Kier alpha value is -2.28. The van der Waals surface area contributed by atoms with Crippen molar-refractivity contribution in [3.8, 4) is 5.75 Å². The maximum Gasteiger partial charge on any atom is 0.345 e. The number of aromatic nitrogens is 3. The molecule has 22 heavy (non-hydrogen) atoms. The summed E-state index contributed by atoms with van der Waals surface area (Å²) in [7, 11) is 1.64. The van der Waals surface area contributed by atoms with E-state index in [0.717, 1.165) is 0 Å². The van der Waals surface area contributed by atoms with Crippen LogP contribution in [-0.4, -0.2) is 32.0 Å². The van der Waals surface area contributed by atoms with Crippen LogP contribution in [0.3, 0.4) is 0 Å². The summed E-state index contributed by atoms with van der Waals surface area (Å²) in [5, 5.41) is 13.5. The highest BCUT2D eigenvalue weighted by Gasteiger charge is 2.15. The number of halogens is 1. The molecule has 0 aliphatic heterocycles. The Morgan fingerprint density at radius 2 is 2.09 bits per heavy atom. The van der Waals surface area contributed by atoms with Crippen LogP contribution in [0.15, 0.2) is 16.9 Å². The summed E-state index contributed by atoms with van der Waals surface area (Å²) in [6.45, 7) is 3.76. The van der Waals surface area contributed by atoms with Gasteiger partial charge in [0.15, 0.2) is 0 Å². The second-order valence-electron chi connectivity index (χ2n) is 4.81. The van der Waals surface area contributed by atoms with E-state index in [1.54, 1.807) is 20.9 Å². The number of aromatic carboxylic acids is 1. The third kappa shape index (κ3) is 2.99. The van der Waals surface area contributed by atoms with Gasteiger partial charge in [-0.05, 0) is 26.0 Å². The Morgan fingerprint density at radius 1 is 1.41 bits per heavy atom. The van der Waals surface area contributed by atoms with Gasteiger partial charge in [0.2, 0.25) is 0 Å². The van der Waals surface area contributed by atoms with Gasteiger partial charge in [0.25, 0.3) is 0 Å². The molecule has 1 N–H and O–H groups in total. The van der Waals surface area contributed by atoms with Gasteiger partial charge in [-0.1, -0.05) is 11.6 Å². The van der Waals surface area contributed by atoms with E-state index >= 15 is 0 Å². The number of hydrogen-bond donors (Lipinski definition) is 1. The average Bonchev–Trinajstić information content (AvgIpc) is 2.69. The predicted molar refractivity (Wildman–Crippen MR) is 80.8 cm³/mol. The summed E-state index contributed by atoms with van der Waals surface area (Å²) in [5.41, 5.74) is 0.345. The normalized spacial score (nSPS) is 10.7. The zero-order valence-electron chi connectivity index (χ0n) is 12.5. The molecule has 2 aromatic rings. The molecule has 0 aliphatic rings. The Bertz CT molecular complexity index is 779. The molecule has 0 unspecified atom stereocenters. The quantitative estimate of drug-likeness (QED) is 0.903. The lowest BCUT2D eigenvalue weighted by Gasteiger charge is -2.12. The maximum atomic E-state index is 11.8. The number of carboxylic acid groups (broad SMARTS) is 1. The van der Waals surface area contributed by atoms with Crippen molar-refractivity contribution in [2.24, 2.45) is 7.05 Å². The molecule has 8 heteroatoms. The highest BCUT2D eigenvalue weighted by Crippen LogP contribution is 2.30. The van der Waals surface area contributed by atoms with E-state index in [-0.39, 0.29) is 24.4 Å². The Morgan fingerprint density at radius 3 is 2.64 bits per heavy atom. The smallest absolute Gasteiger partial charge is 0.345 e. The summed E-state index contributed by atoms with van der Waals surface area (Å²) >= 11 is 6.04. The van der Waals surface area contributed by atoms with Crippen LogP contribution in [0, 0.1) is 13.8 Å². The van der Waals surface area contributed by atoms with Crippen molar-refractivity contribution in [2.45, 2.75) is 20.4 Å². The highest BCUT2D eigenvalue weighted by atomic mass is 35.5. The van der Waals surface area contributed by atoms with Crippen LogP contribution in [0.4, 0.5) is 0 Å². The lowest BCUT2D eigenvalue weighted by atomic mass is 10.1. The van der Waals surface area contributed by atoms with E-state index < -0.39 is 5.97 Å². The molecule has 2 rings (SSSR count). The number of rotatable bonds is 5. The fraction of sp³-hybridized carbons (Fsp3) is 0.357. The van der Waals surface area contributed by atoms with Gasteiger partial charge in [-0.15, -0.1) is 0 Å². The molecule has 0 saturated heterocycles. The third-order valence-corrected chi connectivity index (χ3v) is 3.69. The molecule has 0 fully saturated rings. The van der Waals surface area contributed by atoms with E-state index in [2.05, 4.69) is 5.10 Å². The summed E-state index contributed by atoms with van der Waals surface area (Å²) in [5.74, 6) is -0.134. The van der Waals surface area contributed by atoms with Crippen LogP contribution in [0.5, 0.6) is 5.75 Å². The molecule has 0 amide bonds. The number of nitrogens with zero attached hydrogens (tertiary/aromatic N) is 3. The van der Waals surface area contributed by atoms with E-state index in [1.165, 1.54) is 21.4 Å². The third-order valence-electron chi connectivity index (χ3n) is 3.40. The first-order valence-corrected chi connectivity index (χ1v) is 6.96. The molecule has 7 nitrogen and oxygen atoms in total. The lowest BCUT2D eigenvalue weighted by molar-refractivity contribution is 0.0695. The van der Waals surface area contributed by atoms with Crippen molar-refractivity contribution < 1.29 is 14.6 Å². The standard InChI is InChI=1S/C14H16ClN3O4/c1-8-10(13(19)20)4-5-11(15)12(8)22-7-6-18-14(21)17(3)9(2)16-18/h4-5H,6-7H2,1-3H3,(H,19,20). The monoisotopic (exact) mass is 325 g/mol. The summed E-state index contributed by atoms with van der Waals surface area (Å²) in [6.07, 6.45) is 0. The minimum atomic E-state index is -1.05. The van der Waals surface area contributed by atoms with Crippen LogP contribution in [0.25, 0.3) is 0 Å². The number of ether oxygens (including phenoxy) is 1. The fourth-order valence-electron chi connectivity index (χ4n) is 2.04. The summed E-state index contributed by atoms with van der Waals surface area (Å²) in [4.78, 5) is 22.9. The predicted octanol–water partition coefficient (Wildman–Crippen LogP) is 1.63. The van der Waals surface area contributed by atoms with Gasteiger partial charge in [0.05, 0.1) is 17.1 Å². The van der Waals surface area contributed by atoms with Crippen molar-refractivity contribution in [2.75, 3.05) is 6.61 Å². The lowest BCUT2D eigenvalue weighted by Crippen LogP contribution is -2.25. The number of hydrogen-bond acceptors (Lipinski definition) is 4. The molecule has 0 aliphatic carbocycles. The SMILES string of the molecule is Cc1c(C(=O)O)ccc(Cl)c1OCCn1nc(C)n(C)c1=O. The first-order valence-electron chi connectivity index (χ1n) is 6.58. The Balaban J connectivity index is 2.15. The molecule has 118 valence electrons. The fourth-order valence-corrected chi connectivity index (χ4v) is 2.30. The van der Waals surface area contributed by atoms with Crippen molar-refractivity contribution >= 4 is 17.6 Å². The number of carbonyl (C=O) groups is 1. The molecule has 0 spiro atoms. The van der Waals surface area contributed by atoms with Crippen LogP contribution in [0.2, 0.25) is 5.02 Å². The van der Waals surface area contributed by atoms with E-state index in [0.29, 0.717) is 22.2 Å². The zero-order valence-corrected chi connectivity index (χ0v) is 13.2. The van der Waals surface area contributed by atoms with Crippen molar-refractivity contribution in [3.63, 3.8) is 0 Å². The summed E-state index contributed by atoms with van der Waals surface area (Å²) in [6, 6.07) is 2.91. The second-order valence-corrected chi connectivity index (χ2v) is 5.22. The van der Waals surface area contributed by atoms with Crippen molar-refractivity contribution in [1.82, 2.24) is 14.3 Å². The minimum absolute atomic E-state index is 0.130.